The molecular formula is C24H19F2N3O2S. The number of hydrogen-bond acceptors (Lipinski definition) is 4. The van der Waals surface area contributed by atoms with Crippen LogP contribution in [0.1, 0.15) is 12.5 Å². The van der Waals surface area contributed by atoms with E-state index >= 15 is 0 Å². The molecule has 0 bridgehead atoms. The van der Waals surface area contributed by atoms with E-state index in [1.54, 1.807) is 37.3 Å². The molecule has 0 spiro atoms. The zero-order valence-electron chi connectivity index (χ0n) is 17.3. The Morgan fingerprint density at radius 1 is 1.06 bits per heavy atom. The van der Waals surface area contributed by atoms with Crippen LogP contribution in [-0.4, -0.2) is 20.7 Å². The third-order valence-corrected chi connectivity index (χ3v) is 5.88. The van der Waals surface area contributed by atoms with Crippen LogP contribution in [0.4, 0.5) is 14.5 Å². The lowest BCUT2D eigenvalue weighted by atomic mass is 10.2. The number of carbonyl (C=O) groups is 1. The van der Waals surface area contributed by atoms with Crippen molar-refractivity contribution >= 4 is 34.3 Å². The fraction of sp³-hybridized carbons (Fsp3) is 0.125. The lowest BCUT2D eigenvalue weighted by Gasteiger charge is -2.17. The number of aromatic nitrogens is 2. The number of anilines is 1. The fourth-order valence-corrected chi connectivity index (χ4v) is 4.16. The topological polar surface area (TPSA) is 64.0 Å². The summed E-state index contributed by atoms with van der Waals surface area (Å²) in [5, 5.41) is 2.60. The van der Waals surface area contributed by atoms with Crippen molar-refractivity contribution in [1.29, 1.82) is 0 Å². The van der Waals surface area contributed by atoms with E-state index in [9.17, 15) is 18.4 Å². The lowest BCUT2D eigenvalue weighted by Crippen LogP contribution is -2.26. The standard InChI is InChI=1S/C24H19F2N3O2S/c1-14-6-5-7-17(12-14)27-22(30)15(2)32-24-28-20-9-4-3-8-18(20)23(31)29(24)21-11-10-16(25)13-19(21)26/h3-13,15H,1-2H3,(H,27,30). The summed E-state index contributed by atoms with van der Waals surface area (Å²) in [6, 6.07) is 17.0. The predicted molar refractivity (Wildman–Crippen MR) is 122 cm³/mol. The molecule has 32 heavy (non-hydrogen) atoms. The molecular weight excluding hydrogens is 432 g/mol. The van der Waals surface area contributed by atoms with Gasteiger partial charge < -0.3 is 5.32 Å². The second-order valence-electron chi connectivity index (χ2n) is 7.27. The van der Waals surface area contributed by atoms with Gasteiger partial charge >= 0.3 is 0 Å². The van der Waals surface area contributed by atoms with Crippen LogP contribution in [0.3, 0.4) is 0 Å². The van der Waals surface area contributed by atoms with E-state index in [1.165, 1.54) is 6.07 Å². The van der Waals surface area contributed by atoms with Crippen LogP contribution in [0.25, 0.3) is 16.6 Å². The first-order valence-corrected chi connectivity index (χ1v) is 10.7. The van der Waals surface area contributed by atoms with Gasteiger partial charge in [0.2, 0.25) is 5.91 Å². The molecule has 0 saturated carbocycles. The highest BCUT2D eigenvalue weighted by molar-refractivity contribution is 8.00. The van der Waals surface area contributed by atoms with Gasteiger partial charge in [0, 0.05) is 11.8 Å². The molecule has 1 unspecified atom stereocenters. The van der Waals surface area contributed by atoms with Crippen LogP contribution in [0.5, 0.6) is 0 Å². The van der Waals surface area contributed by atoms with E-state index in [0.29, 0.717) is 17.3 Å². The molecule has 4 rings (SSSR count). The molecule has 8 heteroatoms. The summed E-state index contributed by atoms with van der Waals surface area (Å²) < 4.78 is 29.2. The third-order valence-electron chi connectivity index (χ3n) is 4.83. The van der Waals surface area contributed by atoms with E-state index in [4.69, 9.17) is 0 Å². The largest absolute Gasteiger partial charge is 0.325 e. The van der Waals surface area contributed by atoms with Gasteiger partial charge in [0.15, 0.2) is 5.16 Å². The number of aryl methyl sites for hydroxylation is 1. The average Bonchev–Trinajstić information content (AvgIpc) is 2.75. The highest BCUT2D eigenvalue weighted by Gasteiger charge is 2.22. The fourth-order valence-electron chi connectivity index (χ4n) is 3.24. The van der Waals surface area contributed by atoms with Gasteiger partial charge in [-0.1, -0.05) is 36.0 Å². The first-order chi connectivity index (χ1) is 15.3. The predicted octanol–water partition coefficient (Wildman–Crippen LogP) is 5.09. The minimum absolute atomic E-state index is 0.131. The summed E-state index contributed by atoms with van der Waals surface area (Å²) in [4.78, 5) is 30.5. The minimum atomic E-state index is -0.900. The van der Waals surface area contributed by atoms with Crippen molar-refractivity contribution in [3.8, 4) is 5.69 Å². The number of nitrogens with zero attached hydrogens (tertiary/aromatic N) is 2. The zero-order valence-corrected chi connectivity index (χ0v) is 18.1. The van der Waals surface area contributed by atoms with Crippen molar-refractivity contribution in [2.75, 3.05) is 5.32 Å². The molecule has 0 aliphatic carbocycles. The number of rotatable bonds is 5. The Kier molecular flexibility index (Phi) is 6.05. The second kappa shape index (κ2) is 8.92. The van der Waals surface area contributed by atoms with Crippen LogP contribution in [-0.2, 0) is 4.79 Å². The molecule has 5 nitrogen and oxygen atoms in total. The van der Waals surface area contributed by atoms with Crippen molar-refractivity contribution in [2.45, 2.75) is 24.3 Å². The van der Waals surface area contributed by atoms with Gasteiger partial charge in [0.25, 0.3) is 5.56 Å². The number of nitrogens with one attached hydrogen (secondary N) is 1. The summed E-state index contributed by atoms with van der Waals surface area (Å²) in [6.45, 7) is 3.59. The maximum atomic E-state index is 14.6. The van der Waals surface area contributed by atoms with E-state index in [-0.39, 0.29) is 22.1 Å². The van der Waals surface area contributed by atoms with Crippen molar-refractivity contribution < 1.29 is 13.6 Å². The maximum Gasteiger partial charge on any atom is 0.266 e. The smallest absolute Gasteiger partial charge is 0.266 e. The van der Waals surface area contributed by atoms with Gasteiger partial charge in [0.1, 0.15) is 11.6 Å². The first-order valence-electron chi connectivity index (χ1n) is 9.85. The van der Waals surface area contributed by atoms with Crippen LogP contribution in [0.15, 0.2) is 76.7 Å². The Labute approximate surface area is 187 Å². The van der Waals surface area contributed by atoms with E-state index in [1.807, 2.05) is 25.1 Å². The average molecular weight is 451 g/mol. The summed E-state index contributed by atoms with van der Waals surface area (Å²) in [6.07, 6.45) is 0. The number of fused-ring (bicyclic) bond motifs is 1. The molecule has 1 N–H and O–H groups in total. The number of carbonyl (C=O) groups excluding carboxylic acids is 1. The van der Waals surface area contributed by atoms with Gasteiger partial charge in [-0.3, -0.25) is 14.2 Å². The molecule has 1 amide bonds. The summed E-state index contributed by atoms with van der Waals surface area (Å²) in [5.41, 5.74) is 1.43. The molecule has 1 aromatic heterocycles. The normalized spacial score (nSPS) is 12.0. The van der Waals surface area contributed by atoms with Gasteiger partial charge in [-0.2, -0.15) is 0 Å². The van der Waals surface area contributed by atoms with Crippen molar-refractivity contribution in [2.24, 2.45) is 0 Å². The van der Waals surface area contributed by atoms with Gasteiger partial charge in [-0.05, 0) is 55.8 Å². The second-order valence-corrected chi connectivity index (χ2v) is 8.57. The molecule has 0 aliphatic heterocycles. The highest BCUT2D eigenvalue weighted by Crippen LogP contribution is 2.27. The van der Waals surface area contributed by atoms with Crippen LogP contribution < -0.4 is 10.9 Å². The number of benzene rings is 3. The maximum absolute atomic E-state index is 14.6. The first kappa shape index (κ1) is 21.7. The lowest BCUT2D eigenvalue weighted by molar-refractivity contribution is -0.115. The molecule has 162 valence electrons. The Balaban J connectivity index is 1.75. The third kappa shape index (κ3) is 4.40. The van der Waals surface area contributed by atoms with Gasteiger partial charge in [0.05, 0.1) is 21.8 Å². The number of halogens is 2. The van der Waals surface area contributed by atoms with Crippen molar-refractivity contribution in [1.82, 2.24) is 9.55 Å². The summed E-state index contributed by atoms with van der Waals surface area (Å²) in [7, 11) is 0. The zero-order chi connectivity index (χ0) is 22.8. The Morgan fingerprint density at radius 3 is 2.59 bits per heavy atom. The molecule has 3 aromatic carbocycles. The summed E-state index contributed by atoms with van der Waals surface area (Å²) >= 11 is 1.02. The quantitative estimate of drug-likeness (QED) is 0.339. The van der Waals surface area contributed by atoms with E-state index in [0.717, 1.165) is 28.0 Å². The Morgan fingerprint density at radius 2 is 1.84 bits per heavy atom. The molecule has 4 aromatic rings. The van der Waals surface area contributed by atoms with Crippen LogP contribution >= 0.6 is 11.8 Å². The molecule has 0 saturated heterocycles. The van der Waals surface area contributed by atoms with Gasteiger partial charge in [-0.25, -0.2) is 13.8 Å². The number of hydrogen-bond donors (Lipinski definition) is 1. The summed E-state index contributed by atoms with van der Waals surface area (Å²) in [5.74, 6) is -1.95. The highest BCUT2D eigenvalue weighted by atomic mass is 32.2. The molecule has 1 atom stereocenters. The molecule has 0 aliphatic rings. The van der Waals surface area contributed by atoms with E-state index < -0.39 is 22.4 Å². The molecule has 0 radical (unpaired) electrons. The minimum Gasteiger partial charge on any atom is -0.325 e. The Hall–Kier alpha value is -3.52. The Bertz CT molecular complexity index is 1390. The monoisotopic (exact) mass is 451 g/mol. The molecule has 1 heterocycles. The molecule has 0 fully saturated rings. The number of amides is 1. The van der Waals surface area contributed by atoms with Crippen molar-refractivity contribution in [3.05, 3.63) is 94.3 Å². The van der Waals surface area contributed by atoms with Crippen LogP contribution in [0, 0.1) is 18.6 Å². The number of thioether (sulfide) groups is 1. The SMILES string of the molecule is Cc1cccc(NC(=O)C(C)Sc2nc3ccccc3c(=O)n2-c2ccc(F)cc2F)c1. The number of para-hydroxylation sites is 1. The van der Waals surface area contributed by atoms with Crippen LogP contribution in [0.2, 0.25) is 0 Å². The van der Waals surface area contributed by atoms with E-state index in [2.05, 4.69) is 10.3 Å². The van der Waals surface area contributed by atoms with Gasteiger partial charge in [-0.15, -0.1) is 0 Å². The van der Waals surface area contributed by atoms with Crippen molar-refractivity contribution in [3.63, 3.8) is 0 Å².